The van der Waals surface area contributed by atoms with Gasteiger partial charge in [0, 0.05) is 25.0 Å². The summed E-state index contributed by atoms with van der Waals surface area (Å²) in [5.41, 5.74) is 7.00. The van der Waals surface area contributed by atoms with Crippen LogP contribution in [0.2, 0.25) is 0 Å². The first-order valence-electron chi connectivity index (χ1n) is 5.99. The number of piperidine rings is 1. The fraction of sp³-hybridized carbons (Fsp3) is 0.667. The van der Waals surface area contributed by atoms with Crippen LogP contribution in [0.25, 0.3) is 0 Å². The Balaban J connectivity index is 2.04. The average molecular weight is 220 g/mol. The van der Waals surface area contributed by atoms with Crippen LogP contribution in [0.5, 0.6) is 0 Å². The lowest BCUT2D eigenvalue weighted by atomic mass is 10.1. The van der Waals surface area contributed by atoms with Crippen LogP contribution in [0.4, 0.5) is 5.69 Å². The summed E-state index contributed by atoms with van der Waals surface area (Å²) in [6.07, 6.45) is 5.98. The quantitative estimate of drug-likeness (QED) is 0.821. The van der Waals surface area contributed by atoms with Crippen molar-refractivity contribution in [1.29, 1.82) is 0 Å². The Morgan fingerprint density at radius 1 is 1.25 bits per heavy atom. The molecule has 2 heterocycles. The zero-order valence-corrected chi connectivity index (χ0v) is 10.1. The largest absolute Gasteiger partial charge is 0.369 e. The standard InChI is InChI=1S/C12H20N4/c1-9(2)12-14-7-11(8-15-12)16-5-3-10(13)4-6-16/h7-10H,3-6,13H2,1-2H3. The molecule has 88 valence electrons. The van der Waals surface area contributed by atoms with E-state index in [4.69, 9.17) is 5.73 Å². The molecule has 0 atom stereocenters. The van der Waals surface area contributed by atoms with E-state index < -0.39 is 0 Å². The molecular weight excluding hydrogens is 200 g/mol. The maximum Gasteiger partial charge on any atom is 0.130 e. The van der Waals surface area contributed by atoms with E-state index in [1.165, 1.54) is 0 Å². The molecule has 0 radical (unpaired) electrons. The third-order valence-corrected chi connectivity index (χ3v) is 3.08. The minimum atomic E-state index is 0.368. The summed E-state index contributed by atoms with van der Waals surface area (Å²) in [5, 5.41) is 0. The predicted octanol–water partition coefficient (Wildman–Crippen LogP) is 1.53. The van der Waals surface area contributed by atoms with Gasteiger partial charge in [0.15, 0.2) is 0 Å². The van der Waals surface area contributed by atoms with Crippen LogP contribution < -0.4 is 10.6 Å². The van der Waals surface area contributed by atoms with E-state index in [2.05, 4.69) is 28.7 Å². The van der Waals surface area contributed by atoms with Crippen molar-refractivity contribution >= 4 is 5.69 Å². The van der Waals surface area contributed by atoms with Crippen molar-refractivity contribution in [2.75, 3.05) is 18.0 Å². The summed E-state index contributed by atoms with van der Waals surface area (Å²) in [5.74, 6) is 1.31. The van der Waals surface area contributed by atoms with Gasteiger partial charge >= 0.3 is 0 Å². The van der Waals surface area contributed by atoms with Gasteiger partial charge < -0.3 is 10.6 Å². The number of anilines is 1. The Bertz CT molecular complexity index is 325. The normalized spacial score (nSPS) is 18.1. The molecule has 4 nitrogen and oxygen atoms in total. The van der Waals surface area contributed by atoms with Crippen molar-refractivity contribution in [1.82, 2.24) is 9.97 Å². The maximum absolute atomic E-state index is 5.88. The van der Waals surface area contributed by atoms with Crippen LogP contribution in [0.3, 0.4) is 0 Å². The van der Waals surface area contributed by atoms with Gasteiger partial charge in [-0.2, -0.15) is 0 Å². The van der Waals surface area contributed by atoms with Crippen molar-refractivity contribution in [3.05, 3.63) is 18.2 Å². The molecule has 4 heteroatoms. The van der Waals surface area contributed by atoms with Crippen LogP contribution in [-0.4, -0.2) is 29.1 Å². The number of aromatic nitrogens is 2. The van der Waals surface area contributed by atoms with Gasteiger partial charge in [0.1, 0.15) is 5.82 Å². The van der Waals surface area contributed by atoms with Gasteiger partial charge in [-0.25, -0.2) is 9.97 Å². The fourth-order valence-electron chi connectivity index (χ4n) is 1.95. The summed E-state index contributed by atoms with van der Waals surface area (Å²) in [4.78, 5) is 11.1. The Kier molecular flexibility index (Phi) is 3.39. The zero-order valence-electron chi connectivity index (χ0n) is 10.1. The van der Waals surface area contributed by atoms with E-state index in [9.17, 15) is 0 Å². The van der Waals surface area contributed by atoms with E-state index in [0.29, 0.717) is 12.0 Å². The molecule has 0 saturated carbocycles. The van der Waals surface area contributed by atoms with Gasteiger partial charge in [-0.05, 0) is 12.8 Å². The fourth-order valence-corrected chi connectivity index (χ4v) is 1.95. The topological polar surface area (TPSA) is 55.0 Å². The first kappa shape index (κ1) is 11.3. The number of hydrogen-bond acceptors (Lipinski definition) is 4. The Morgan fingerprint density at radius 2 is 1.81 bits per heavy atom. The Labute approximate surface area is 96.9 Å². The van der Waals surface area contributed by atoms with Crippen molar-refractivity contribution in [3.63, 3.8) is 0 Å². The lowest BCUT2D eigenvalue weighted by Gasteiger charge is -2.31. The second kappa shape index (κ2) is 4.78. The second-order valence-electron chi connectivity index (χ2n) is 4.78. The summed E-state index contributed by atoms with van der Waals surface area (Å²) in [6, 6.07) is 0.368. The number of rotatable bonds is 2. The van der Waals surface area contributed by atoms with E-state index in [0.717, 1.165) is 37.4 Å². The third-order valence-electron chi connectivity index (χ3n) is 3.08. The van der Waals surface area contributed by atoms with Crippen molar-refractivity contribution in [2.24, 2.45) is 5.73 Å². The minimum absolute atomic E-state index is 0.368. The van der Waals surface area contributed by atoms with Crippen LogP contribution >= 0.6 is 0 Å². The summed E-state index contributed by atoms with van der Waals surface area (Å²) < 4.78 is 0. The van der Waals surface area contributed by atoms with Crippen LogP contribution in [0.1, 0.15) is 38.4 Å². The van der Waals surface area contributed by atoms with Gasteiger partial charge in [0.25, 0.3) is 0 Å². The molecule has 2 N–H and O–H groups in total. The molecule has 2 rings (SSSR count). The Morgan fingerprint density at radius 3 is 2.31 bits per heavy atom. The van der Waals surface area contributed by atoms with Crippen LogP contribution in [0, 0.1) is 0 Å². The number of nitrogens with zero attached hydrogens (tertiary/aromatic N) is 3. The molecule has 1 aliphatic heterocycles. The van der Waals surface area contributed by atoms with Crippen molar-refractivity contribution in [3.8, 4) is 0 Å². The van der Waals surface area contributed by atoms with E-state index in [1.807, 2.05) is 12.4 Å². The molecule has 0 unspecified atom stereocenters. The van der Waals surface area contributed by atoms with E-state index >= 15 is 0 Å². The molecule has 1 fully saturated rings. The van der Waals surface area contributed by atoms with Gasteiger partial charge in [-0.3, -0.25) is 0 Å². The number of nitrogens with two attached hydrogens (primary N) is 1. The molecule has 16 heavy (non-hydrogen) atoms. The smallest absolute Gasteiger partial charge is 0.130 e. The highest BCUT2D eigenvalue weighted by atomic mass is 15.2. The van der Waals surface area contributed by atoms with Crippen molar-refractivity contribution < 1.29 is 0 Å². The molecule has 0 aromatic carbocycles. The van der Waals surface area contributed by atoms with Gasteiger partial charge in [-0.1, -0.05) is 13.8 Å². The van der Waals surface area contributed by atoms with Gasteiger partial charge in [-0.15, -0.1) is 0 Å². The molecule has 0 spiro atoms. The molecule has 0 bridgehead atoms. The SMILES string of the molecule is CC(C)c1ncc(N2CCC(N)CC2)cn1. The molecule has 0 aliphatic carbocycles. The monoisotopic (exact) mass is 220 g/mol. The van der Waals surface area contributed by atoms with E-state index in [-0.39, 0.29) is 0 Å². The highest BCUT2D eigenvalue weighted by Crippen LogP contribution is 2.18. The Hall–Kier alpha value is -1.16. The lowest BCUT2D eigenvalue weighted by Crippen LogP contribution is -2.39. The molecule has 1 aromatic rings. The molecule has 1 saturated heterocycles. The highest BCUT2D eigenvalue weighted by molar-refractivity contribution is 5.42. The highest BCUT2D eigenvalue weighted by Gasteiger charge is 2.16. The summed E-state index contributed by atoms with van der Waals surface area (Å²) in [7, 11) is 0. The third kappa shape index (κ3) is 2.50. The first-order chi connectivity index (χ1) is 7.66. The minimum Gasteiger partial charge on any atom is -0.369 e. The molecule has 0 amide bonds. The molecule has 1 aliphatic rings. The summed E-state index contributed by atoms with van der Waals surface area (Å²) >= 11 is 0. The first-order valence-corrected chi connectivity index (χ1v) is 5.99. The van der Waals surface area contributed by atoms with Crippen molar-refractivity contribution in [2.45, 2.75) is 38.6 Å². The summed E-state index contributed by atoms with van der Waals surface area (Å²) in [6.45, 7) is 6.25. The van der Waals surface area contributed by atoms with E-state index in [1.54, 1.807) is 0 Å². The average Bonchev–Trinajstić information content (AvgIpc) is 2.30. The van der Waals surface area contributed by atoms with Gasteiger partial charge in [0.2, 0.25) is 0 Å². The zero-order chi connectivity index (χ0) is 11.5. The molecule has 1 aromatic heterocycles. The van der Waals surface area contributed by atoms with Crippen LogP contribution in [-0.2, 0) is 0 Å². The van der Waals surface area contributed by atoms with Gasteiger partial charge in [0.05, 0.1) is 18.1 Å². The number of hydrogen-bond donors (Lipinski definition) is 1. The second-order valence-corrected chi connectivity index (χ2v) is 4.78. The maximum atomic E-state index is 5.88. The van der Waals surface area contributed by atoms with Crippen LogP contribution in [0.15, 0.2) is 12.4 Å². The lowest BCUT2D eigenvalue weighted by molar-refractivity contribution is 0.500. The predicted molar refractivity (Wildman–Crippen MR) is 65.5 cm³/mol. The molecular formula is C12H20N4.